The summed E-state index contributed by atoms with van der Waals surface area (Å²) < 4.78 is 20.7. The monoisotopic (exact) mass is 430 g/mol. The van der Waals surface area contributed by atoms with E-state index in [4.69, 9.17) is 15.5 Å². The minimum absolute atomic E-state index is 0.108. The number of H-pyrrole nitrogens is 1. The zero-order chi connectivity index (χ0) is 21.7. The van der Waals surface area contributed by atoms with Gasteiger partial charge in [-0.25, -0.2) is 9.37 Å². The zero-order valence-corrected chi connectivity index (χ0v) is 17.4. The number of nitrogens with one attached hydrogen (secondary N) is 2. The average molecular weight is 430 g/mol. The molecule has 1 aliphatic heterocycles. The molecule has 1 atom stereocenters. The van der Waals surface area contributed by atoms with Crippen molar-refractivity contribution < 1.29 is 9.13 Å². The highest BCUT2D eigenvalue weighted by Crippen LogP contribution is 2.53. The van der Waals surface area contributed by atoms with E-state index < -0.39 is 0 Å². The number of ether oxygens (including phenoxy) is 1. The van der Waals surface area contributed by atoms with Gasteiger partial charge in [0.25, 0.3) is 0 Å². The topological polar surface area (TPSA) is 102 Å². The van der Waals surface area contributed by atoms with Gasteiger partial charge in [-0.2, -0.15) is 5.10 Å². The third-order valence-corrected chi connectivity index (χ3v) is 6.69. The quantitative estimate of drug-likeness (QED) is 0.424. The number of fused-ring (bicyclic) bond motifs is 1. The highest BCUT2D eigenvalue weighted by Gasteiger charge is 2.52. The Morgan fingerprint density at radius 2 is 2.00 bits per heavy atom. The maximum absolute atomic E-state index is 14.5. The van der Waals surface area contributed by atoms with Crippen LogP contribution in [0.15, 0.2) is 48.8 Å². The van der Waals surface area contributed by atoms with Crippen LogP contribution >= 0.6 is 0 Å². The van der Waals surface area contributed by atoms with Crippen molar-refractivity contribution in [2.75, 3.05) is 18.8 Å². The van der Waals surface area contributed by atoms with Crippen LogP contribution in [-0.2, 0) is 0 Å². The number of hydrogen-bond acceptors (Lipinski definition) is 6. The zero-order valence-electron chi connectivity index (χ0n) is 17.4. The molecule has 2 aromatic carbocycles. The number of hydrogen-bond donors (Lipinski definition) is 3. The van der Waals surface area contributed by atoms with Crippen LogP contribution < -0.4 is 15.8 Å². The van der Waals surface area contributed by atoms with Gasteiger partial charge in [0, 0.05) is 28.6 Å². The predicted octanol–water partition coefficient (Wildman–Crippen LogP) is 3.93. The van der Waals surface area contributed by atoms with Crippen LogP contribution in [0.1, 0.15) is 19.3 Å². The predicted molar refractivity (Wildman–Crippen MR) is 120 cm³/mol. The van der Waals surface area contributed by atoms with Crippen molar-refractivity contribution in [1.29, 1.82) is 0 Å². The molecule has 0 unspecified atom stereocenters. The molecule has 6 rings (SSSR count). The first kappa shape index (κ1) is 19.2. The Balaban J connectivity index is 1.35. The molecule has 32 heavy (non-hydrogen) atoms. The molecule has 2 aliphatic rings. The van der Waals surface area contributed by atoms with Crippen LogP contribution in [0.3, 0.4) is 0 Å². The molecule has 2 aromatic heterocycles. The summed E-state index contributed by atoms with van der Waals surface area (Å²) in [4.78, 5) is 9.05. The van der Waals surface area contributed by atoms with Crippen molar-refractivity contribution in [3.8, 4) is 28.4 Å². The number of halogens is 1. The van der Waals surface area contributed by atoms with Crippen LogP contribution in [0.2, 0.25) is 0 Å². The average Bonchev–Trinajstić information content (AvgIpc) is 3.44. The maximum Gasteiger partial charge on any atom is 0.233 e. The van der Waals surface area contributed by atoms with Crippen molar-refractivity contribution in [3.63, 3.8) is 0 Å². The first-order valence-corrected chi connectivity index (χ1v) is 10.8. The van der Waals surface area contributed by atoms with E-state index in [0.29, 0.717) is 33.9 Å². The number of nitrogens with zero attached hydrogens (tertiary/aromatic N) is 3. The van der Waals surface area contributed by atoms with Crippen molar-refractivity contribution in [3.05, 3.63) is 54.6 Å². The fraction of sp³-hybridized carbons (Fsp3) is 0.292. The van der Waals surface area contributed by atoms with E-state index in [9.17, 15) is 4.39 Å². The summed E-state index contributed by atoms with van der Waals surface area (Å²) in [5, 5.41) is 11.7. The molecule has 0 bridgehead atoms. The number of nitrogen functional groups attached to an aromatic ring is 1. The molecule has 0 radical (unpaired) electrons. The third-order valence-electron chi connectivity index (χ3n) is 6.69. The van der Waals surface area contributed by atoms with E-state index in [0.717, 1.165) is 36.0 Å². The standard InChI is InChI=1S/C24H23FN6O/c25-18-10-15(26)2-3-16(18)14-1-4-19-17(9-14)23(31-30-19)20-11-28-13-22(29-20)32-21-12-27-8-7-24(21)5-6-24/h1-4,9-11,13,21,27H,5-8,12,26H2,(H,30,31)/t21-/m0/s1. The molecule has 1 saturated carbocycles. The molecular formula is C24H23FN6O. The Bertz CT molecular complexity index is 1320. The Hall–Kier alpha value is -3.52. The van der Waals surface area contributed by atoms with Gasteiger partial charge in [0.05, 0.1) is 17.9 Å². The number of piperidine rings is 1. The van der Waals surface area contributed by atoms with Gasteiger partial charge in [0.15, 0.2) is 0 Å². The molecule has 1 aliphatic carbocycles. The summed E-state index contributed by atoms with van der Waals surface area (Å²) in [6, 6.07) is 10.4. The first-order chi connectivity index (χ1) is 15.6. The number of benzene rings is 2. The lowest BCUT2D eigenvalue weighted by Crippen LogP contribution is -2.45. The Morgan fingerprint density at radius 3 is 2.84 bits per heavy atom. The van der Waals surface area contributed by atoms with Crippen molar-refractivity contribution in [2.45, 2.75) is 25.4 Å². The largest absolute Gasteiger partial charge is 0.471 e. The van der Waals surface area contributed by atoms with E-state index in [2.05, 4.69) is 20.5 Å². The molecule has 162 valence electrons. The summed E-state index contributed by atoms with van der Waals surface area (Å²) in [5.41, 5.74) is 9.70. The van der Waals surface area contributed by atoms with Crippen molar-refractivity contribution >= 4 is 16.6 Å². The van der Waals surface area contributed by atoms with E-state index in [-0.39, 0.29) is 11.9 Å². The summed E-state index contributed by atoms with van der Waals surface area (Å²) in [5.74, 6) is 0.138. The van der Waals surface area contributed by atoms with Crippen LogP contribution in [0, 0.1) is 11.2 Å². The smallest absolute Gasteiger partial charge is 0.233 e. The lowest BCUT2D eigenvalue weighted by Gasteiger charge is -2.32. The number of anilines is 1. The number of nitrogens with two attached hydrogens (primary N) is 1. The van der Waals surface area contributed by atoms with E-state index in [1.54, 1.807) is 24.5 Å². The highest BCUT2D eigenvalue weighted by atomic mass is 19.1. The van der Waals surface area contributed by atoms with Crippen molar-refractivity contribution in [1.82, 2.24) is 25.5 Å². The summed E-state index contributed by atoms with van der Waals surface area (Å²) in [7, 11) is 0. The van der Waals surface area contributed by atoms with Crippen LogP contribution in [-0.4, -0.2) is 39.4 Å². The van der Waals surface area contributed by atoms with E-state index in [1.807, 2.05) is 18.2 Å². The molecular weight excluding hydrogens is 407 g/mol. The molecule has 4 N–H and O–H groups in total. The molecule has 1 saturated heterocycles. The number of aromatic amines is 1. The number of aromatic nitrogens is 4. The molecule has 8 heteroatoms. The normalized spacial score (nSPS) is 19.3. The van der Waals surface area contributed by atoms with Gasteiger partial charge < -0.3 is 15.8 Å². The molecule has 1 spiro atoms. The Labute approximate surface area is 184 Å². The molecule has 3 heterocycles. The minimum Gasteiger partial charge on any atom is -0.471 e. The Kier molecular flexibility index (Phi) is 4.36. The minimum atomic E-state index is -0.361. The maximum atomic E-state index is 14.5. The van der Waals surface area contributed by atoms with Gasteiger partial charge in [0.1, 0.15) is 23.3 Å². The van der Waals surface area contributed by atoms with E-state index >= 15 is 0 Å². The summed E-state index contributed by atoms with van der Waals surface area (Å²) in [6.07, 6.45) is 6.99. The van der Waals surface area contributed by atoms with Crippen LogP contribution in [0.4, 0.5) is 10.1 Å². The second kappa shape index (κ2) is 7.27. The number of rotatable bonds is 4. The fourth-order valence-corrected chi connectivity index (χ4v) is 4.65. The lowest BCUT2D eigenvalue weighted by atomic mass is 9.92. The van der Waals surface area contributed by atoms with Gasteiger partial charge in [-0.05, 0) is 61.7 Å². The molecule has 4 aromatic rings. The van der Waals surface area contributed by atoms with Gasteiger partial charge in [-0.3, -0.25) is 10.1 Å². The van der Waals surface area contributed by atoms with Gasteiger partial charge >= 0.3 is 0 Å². The summed E-state index contributed by atoms with van der Waals surface area (Å²) >= 11 is 0. The lowest BCUT2D eigenvalue weighted by molar-refractivity contribution is 0.0844. The van der Waals surface area contributed by atoms with E-state index in [1.165, 1.54) is 18.9 Å². The molecule has 0 amide bonds. The second-order valence-electron chi connectivity index (χ2n) is 8.74. The SMILES string of the molecule is Nc1ccc(-c2ccc3[nH]nc(-c4cncc(O[C@H]5CNCCC56CC6)n4)c3c2)c(F)c1. The molecule has 2 fully saturated rings. The highest BCUT2D eigenvalue weighted by molar-refractivity contribution is 5.95. The third kappa shape index (κ3) is 3.27. The van der Waals surface area contributed by atoms with Gasteiger partial charge in [0.2, 0.25) is 5.88 Å². The van der Waals surface area contributed by atoms with Crippen LogP contribution in [0.5, 0.6) is 5.88 Å². The first-order valence-electron chi connectivity index (χ1n) is 10.8. The van der Waals surface area contributed by atoms with Gasteiger partial charge in [-0.15, -0.1) is 0 Å². The molecule has 7 nitrogen and oxygen atoms in total. The summed E-state index contributed by atoms with van der Waals surface area (Å²) in [6.45, 7) is 1.87. The second-order valence-corrected chi connectivity index (χ2v) is 8.74. The van der Waals surface area contributed by atoms with Crippen molar-refractivity contribution in [2.24, 2.45) is 5.41 Å². The van der Waals surface area contributed by atoms with Gasteiger partial charge in [-0.1, -0.05) is 6.07 Å². The Morgan fingerprint density at radius 1 is 1.09 bits per heavy atom. The fourth-order valence-electron chi connectivity index (χ4n) is 4.65. The van der Waals surface area contributed by atoms with Crippen LogP contribution in [0.25, 0.3) is 33.4 Å².